The second-order valence-corrected chi connectivity index (χ2v) is 8.21. The van der Waals surface area contributed by atoms with Crippen LogP contribution in [0, 0.1) is 0 Å². The number of nitrogens with zero attached hydrogens (tertiary/aromatic N) is 3. The summed E-state index contributed by atoms with van der Waals surface area (Å²) in [5.74, 6) is 0.999. The van der Waals surface area contributed by atoms with Crippen molar-refractivity contribution in [1.29, 1.82) is 0 Å². The first kappa shape index (κ1) is 16.2. The average Bonchev–Trinajstić information content (AvgIpc) is 2.82. The lowest BCUT2D eigenvalue weighted by atomic mass is 10.3. The van der Waals surface area contributed by atoms with Crippen LogP contribution in [0.15, 0.2) is 24.4 Å². The Morgan fingerprint density at radius 3 is 2.74 bits per heavy atom. The van der Waals surface area contributed by atoms with Crippen LogP contribution in [0.1, 0.15) is 6.42 Å². The highest BCUT2D eigenvalue weighted by Gasteiger charge is 2.28. The smallest absolute Gasteiger partial charge is 0.244 e. The number of halogens is 2. The van der Waals surface area contributed by atoms with E-state index in [0.29, 0.717) is 28.0 Å². The van der Waals surface area contributed by atoms with Crippen LogP contribution in [0.25, 0.3) is 0 Å². The van der Waals surface area contributed by atoms with E-state index < -0.39 is 9.84 Å². The number of nitrogens with one attached hydrogen (secondary N) is 2. The first-order valence-corrected chi connectivity index (χ1v) is 9.38. The Morgan fingerprint density at radius 2 is 2.04 bits per heavy atom. The standard InChI is InChI=1S/C13H13Cl2N5O2S/c14-10-2-1-8(5-11(10)15)17-12-6-16-20-13(19-12)18-9-3-4-23(21,22)7-9/h1-2,5-6,9H,3-4,7H2,(H2,17,18,19,20). The summed E-state index contributed by atoms with van der Waals surface area (Å²) in [5, 5.41) is 14.6. The van der Waals surface area contributed by atoms with Crippen LogP contribution in [0.3, 0.4) is 0 Å². The van der Waals surface area contributed by atoms with E-state index in [9.17, 15) is 8.42 Å². The number of sulfone groups is 1. The number of anilines is 3. The largest absolute Gasteiger partial charge is 0.349 e. The molecule has 0 bridgehead atoms. The van der Waals surface area contributed by atoms with E-state index in [-0.39, 0.29) is 23.5 Å². The maximum absolute atomic E-state index is 11.5. The quantitative estimate of drug-likeness (QED) is 0.849. The van der Waals surface area contributed by atoms with Gasteiger partial charge in [-0.2, -0.15) is 10.1 Å². The molecule has 7 nitrogen and oxygen atoms in total. The van der Waals surface area contributed by atoms with E-state index in [1.807, 2.05) is 0 Å². The van der Waals surface area contributed by atoms with Crippen LogP contribution in [0.4, 0.5) is 17.5 Å². The van der Waals surface area contributed by atoms with Crippen LogP contribution < -0.4 is 10.6 Å². The van der Waals surface area contributed by atoms with Crippen molar-refractivity contribution in [3.63, 3.8) is 0 Å². The highest BCUT2D eigenvalue weighted by Crippen LogP contribution is 2.26. The maximum atomic E-state index is 11.5. The lowest BCUT2D eigenvalue weighted by Crippen LogP contribution is -2.22. The van der Waals surface area contributed by atoms with Crippen molar-refractivity contribution in [3.8, 4) is 0 Å². The highest BCUT2D eigenvalue weighted by molar-refractivity contribution is 7.91. The van der Waals surface area contributed by atoms with E-state index in [0.717, 1.165) is 0 Å². The van der Waals surface area contributed by atoms with Crippen molar-refractivity contribution < 1.29 is 8.42 Å². The highest BCUT2D eigenvalue weighted by atomic mass is 35.5. The summed E-state index contributed by atoms with van der Waals surface area (Å²) in [6.45, 7) is 0. The minimum Gasteiger partial charge on any atom is -0.349 e. The van der Waals surface area contributed by atoms with Crippen LogP contribution in [-0.4, -0.2) is 41.1 Å². The molecule has 0 saturated carbocycles. The first-order chi connectivity index (χ1) is 10.9. The van der Waals surface area contributed by atoms with Gasteiger partial charge in [-0.25, -0.2) is 8.42 Å². The molecule has 122 valence electrons. The van der Waals surface area contributed by atoms with Gasteiger partial charge in [0, 0.05) is 11.7 Å². The molecule has 0 spiro atoms. The monoisotopic (exact) mass is 373 g/mol. The summed E-state index contributed by atoms with van der Waals surface area (Å²) < 4.78 is 22.9. The number of hydrogen-bond acceptors (Lipinski definition) is 7. The molecule has 0 amide bonds. The third kappa shape index (κ3) is 4.21. The Labute approximate surface area is 143 Å². The number of rotatable bonds is 4. The molecular weight excluding hydrogens is 361 g/mol. The predicted octanol–water partition coefficient (Wildman–Crippen LogP) is 2.52. The molecule has 1 saturated heterocycles. The lowest BCUT2D eigenvalue weighted by molar-refractivity contribution is 0.602. The van der Waals surface area contributed by atoms with Gasteiger partial charge >= 0.3 is 0 Å². The van der Waals surface area contributed by atoms with Crippen LogP contribution in [-0.2, 0) is 9.84 Å². The van der Waals surface area contributed by atoms with Crippen molar-refractivity contribution in [2.24, 2.45) is 0 Å². The van der Waals surface area contributed by atoms with Gasteiger partial charge in [-0.1, -0.05) is 23.2 Å². The van der Waals surface area contributed by atoms with Crippen LogP contribution in [0.2, 0.25) is 10.0 Å². The normalized spacial score (nSPS) is 19.5. The van der Waals surface area contributed by atoms with Crippen molar-refractivity contribution >= 4 is 50.5 Å². The first-order valence-electron chi connectivity index (χ1n) is 6.80. The Hall–Kier alpha value is -1.64. The van der Waals surface area contributed by atoms with Crippen LogP contribution >= 0.6 is 23.2 Å². The molecule has 1 aromatic carbocycles. The van der Waals surface area contributed by atoms with Crippen LogP contribution in [0.5, 0.6) is 0 Å². The van der Waals surface area contributed by atoms with E-state index in [2.05, 4.69) is 25.8 Å². The van der Waals surface area contributed by atoms with Crippen molar-refractivity contribution in [2.45, 2.75) is 12.5 Å². The molecule has 1 aromatic heterocycles. The van der Waals surface area contributed by atoms with E-state index in [1.165, 1.54) is 6.20 Å². The minimum atomic E-state index is -2.96. The van der Waals surface area contributed by atoms with Gasteiger partial charge in [-0.05, 0) is 24.6 Å². The number of hydrogen-bond donors (Lipinski definition) is 2. The molecule has 1 aliphatic rings. The predicted molar refractivity (Wildman–Crippen MR) is 90.3 cm³/mol. The lowest BCUT2D eigenvalue weighted by Gasteiger charge is -2.11. The zero-order valence-electron chi connectivity index (χ0n) is 11.8. The molecule has 1 unspecified atom stereocenters. The second-order valence-electron chi connectivity index (χ2n) is 5.16. The molecule has 1 atom stereocenters. The van der Waals surface area contributed by atoms with Crippen molar-refractivity contribution in [3.05, 3.63) is 34.4 Å². The van der Waals surface area contributed by atoms with Crippen molar-refractivity contribution in [2.75, 3.05) is 22.1 Å². The van der Waals surface area contributed by atoms with Gasteiger partial charge in [-0.3, -0.25) is 0 Å². The fraction of sp³-hybridized carbons (Fsp3) is 0.308. The Morgan fingerprint density at radius 1 is 1.22 bits per heavy atom. The zero-order valence-corrected chi connectivity index (χ0v) is 14.2. The van der Waals surface area contributed by atoms with Crippen molar-refractivity contribution in [1.82, 2.24) is 15.2 Å². The summed E-state index contributed by atoms with van der Waals surface area (Å²) >= 11 is 11.8. The number of benzene rings is 1. The molecule has 2 N–H and O–H groups in total. The second kappa shape index (κ2) is 6.46. The molecule has 2 aromatic rings. The van der Waals surface area contributed by atoms with E-state index in [4.69, 9.17) is 23.2 Å². The molecule has 10 heteroatoms. The molecule has 0 aliphatic carbocycles. The molecule has 1 aliphatic heterocycles. The average molecular weight is 374 g/mol. The third-order valence-corrected chi connectivity index (χ3v) is 5.82. The third-order valence-electron chi connectivity index (χ3n) is 3.32. The topological polar surface area (TPSA) is 96.9 Å². The summed E-state index contributed by atoms with van der Waals surface area (Å²) in [5.41, 5.74) is 0.703. The summed E-state index contributed by atoms with van der Waals surface area (Å²) in [6.07, 6.45) is 2.00. The van der Waals surface area contributed by atoms with Gasteiger partial charge < -0.3 is 10.6 Å². The zero-order chi connectivity index (χ0) is 16.4. The molecule has 23 heavy (non-hydrogen) atoms. The molecule has 3 rings (SSSR count). The molecular formula is C13H13Cl2N5O2S. The molecule has 2 heterocycles. The molecule has 0 radical (unpaired) electrons. The number of aromatic nitrogens is 3. The van der Waals surface area contributed by atoms with Gasteiger partial charge in [0.2, 0.25) is 5.95 Å². The Balaban J connectivity index is 1.71. The fourth-order valence-electron chi connectivity index (χ4n) is 2.24. The summed E-state index contributed by atoms with van der Waals surface area (Å²) in [7, 11) is -2.96. The SMILES string of the molecule is O=S1(=O)CCC(Nc2nncc(Nc3ccc(Cl)c(Cl)c3)n2)C1. The Kier molecular flexibility index (Phi) is 4.56. The maximum Gasteiger partial charge on any atom is 0.244 e. The van der Waals surface area contributed by atoms with Gasteiger partial charge in [0.05, 0.1) is 27.7 Å². The van der Waals surface area contributed by atoms with Gasteiger partial charge in [-0.15, -0.1) is 5.10 Å². The van der Waals surface area contributed by atoms with E-state index in [1.54, 1.807) is 18.2 Å². The fourth-order valence-corrected chi connectivity index (χ4v) is 4.21. The Bertz CT molecular complexity index is 831. The van der Waals surface area contributed by atoms with Gasteiger partial charge in [0.25, 0.3) is 0 Å². The molecule has 1 fully saturated rings. The van der Waals surface area contributed by atoms with Gasteiger partial charge in [0.15, 0.2) is 15.7 Å². The van der Waals surface area contributed by atoms with Gasteiger partial charge in [0.1, 0.15) is 0 Å². The summed E-state index contributed by atoms with van der Waals surface area (Å²) in [4.78, 5) is 4.26. The summed E-state index contributed by atoms with van der Waals surface area (Å²) in [6, 6.07) is 4.90. The van der Waals surface area contributed by atoms with E-state index >= 15 is 0 Å². The minimum absolute atomic E-state index is 0.0841.